The molecule has 0 fully saturated rings. The lowest BCUT2D eigenvalue weighted by Crippen LogP contribution is -2.27. The summed E-state index contributed by atoms with van der Waals surface area (Å²) in [6.45, 7) is 0.492. The largest absolute Gasteiger partial charge is 0.497 e. The van der Waals surface area contributed by atoms with E-state index in [1.807, 2.05) is 18.5 Å². The van der Waals surface area contributed by atoms with Crippen LogP contribution in [0.5, 0.6) is 5.75 Å². The minimum absolute atomic E-state index is 0.235. The number of ether oxygens (including phenoxy) is 1. The van der Waals surface area contributed by atoms with Crippen LogP contribution < -0.4 is 15.4 Å². The highest BCUT2D eigenvalue weighted by Crippen LogP contribution is 2.14. The van der Waals surface area contributed by atoms with Gasteiger partial charge in [0.15, 0.2) is 0 Å². The molecular formula is C13H15N3O2. The summed E-state index contributed by atoms with van der Waals surface area (Å²) in [5.74, 6) is 0.758. The van der Waals surface area contributed by atoms with Crippen molar-refractivity contribution in [2.45, 2.75) is 6.54 Å². The van der Waals surface area contributed by atoms with Crippen LogP contribution in [0.3, 0.4) is 0 Å². The first kappa shape index (κ1) is 12.0. The number of H-pyrrole nitrogens is 1. The zero-order chi connectivity index (χ0) is 12.8. The number of carbonyl (C=O) groups is 1. The molecule has 2 aromatic rings. The molecule has 0 bridgehead atoms. The second-order valence-corrected chi connectivity index (χ2v) is 3.76. The molecule has 1 aromatic heterocycles. The topological polar surface area (TPSA) is 66.2 Å². The number of aromatic nitrogens is 1. The molecule has 0 unspecified atom stereocenters. The van der Waals surface area contributed by atoms with Gasteiger partial charge in [0.1, 0.15) is 5.75 Å². The van der Waals surface area contributed by atoms with Gasteiger partial charge in [-0.1, -0.05) is 0 Å². The van der Waals surface area contributed by atoms with Crippen LogP contribution >= 0.6 is 0 Å². The summed E-state index contributed by atoms with van der Waals surface area (Å²) in [5, 5.41) is 5.50. The number of hydrogen-bond acceptors (Lipinski definition) is 2. The molecule has 5 nitrogen and oxygen atoms in total. The second kappa shape index (κ2) is 5.77. The maximum Gasteiger partial charge on any atom is 0.319 e. The molecule has 0 saturated heterocycles. The van der Waals surface area contributed by atoms with E-state index >= 15 is 0 Å². The van der Waals surface area contributed by atoms with Crippen LogP contribution in [0.4, 0.5) is 10.5 Å². The number of benzene rings is 1. The zero-order valence-electron chi connectivity index (χ0n) is 10.1. The maximum absolute atomic E-state index is 11.6. The van der Waals surface area contributed by atoms with Crippen molar-refractivity contribution in [1.82, 2.24) is 10.3 Å². The number of carbonyl (C=O) groups excluding carboxylic acids is 1. The fraction of sp³-hybridized carbons (Fsp3) is 0.154. The molecule has 2 amide bonds. The summed E-state index contributed by atoms with van der Waals surface area (Å²) in [6.07, 6.45) is 3.66. The first-order valence-electron chi connectivity index (χ1n) is 5.58. The number of hydrogen-bond donors (Lipinski definition) is 3. The van der Waals surface area contributed by atoms with E-state index in [1.54, 1.807) is 31.4 Å². The molecule has 0 aliphatic rings. The fourth-order valence-electron chi connectivity index (χ4n) is 1.50. The average Bonchev–Trinajstić information content (AvgIpc) is 2.90. The summed E-state index contributed by atoms with van der Waals surface area (Å²) < 4.78 is 5.04. The van der Waals surface area contributed by atoms with Crippen LogP contribution in [0.2, 0.25) is 0 Å². The Morgan fingerprint density at radius 2 is 2.06 bits per heavy atom. The smallest absolute Gasteiger partial charge is 0.319 e. The number of rotatable bonds is 4. The van der Waals surface area contributed by atoms with Gasteiger partial charge in [-0.2, -0.15) is 0 Å². The molecule has 1 heterocycles. The van der Waals surface area contributed by atoms with Gasteiger partial charge in [-0.05, 0) is 35.9 Å². The van der Waals surface area contributed by atoms with Crippen LogP contribution in [0.15, 0.2) is 42.7 Å². The molecule has 94 valence electrons. The van der Waals surface area contributed by atoms with E-state index in [0.29, 0.717) is 6.54 Å². The van der Waals surface area contributed by atoms with Crippen LogP contribution in [0, 0.1) is 0 Å². The molecule has 0 spiro atoms. The van der Waals surface area contributed by atoms with Crippen LogP contribution in [-0.4, -0.2) is 18.1 Å². The van der Waals surface area contributed by atoms with E-state index < -0.39 is 0 Å². The Morgan fingerprint density at radius 3 is 2.67 bits per heavy atom. The van der Waals surface area contributed by atoms with Gasteiger partial charge in [-0.25, -0.2) is 4.79 Å². The van der Waals surface area contributed by atoms with Crippen molar-refractivity contribution >= 4 is 11.7 Å². The van der Waals surface area contributed by atoms with E-state index in [4.69, 9.17) is 4.74 Å². The molecule has 18 heavy (non-hydrogen) atoms. The van der Waals surface area contributed by atoms with Crippen molar-refractivity contribution in [3.8, 4) is 5.75 Å². The van der Waals surface area contributed by atoms with Gasteiger partial charge >= 0.3 is 6.03 Å². The summed E-state index contributed by atoms with van der Waals surface area (Å²) in [6, 6.07) is 8.84. The van der Waals surface area contributed by atoms with Crippen molar-refractivity contribution in [3.05, 3.63) is 48.3 Å². The van der Waals surface area contributed by atoms with E-state index in [-0.39, 0.29) is 6.03 Å². The molecule has 0 aliphatic carbocycles. The summed E-state index contributed by atoms with van der Waals surface area (Å²) >= 11 is 0. The van der Waals surface area contributed by atoms with Crippen molar-refractivity contribution in [3.63, 3.8) is 0 Å². The molecular weight excluding hydrogens is 230 g/mol. The molecule has 3 N–H and O–H groups in total. The van der Waals surface area contributed by atoms with E-state index in [2.05, 4.69) is 15.6 Å². The van der Waals surface area contributed by atoms with Crippen molar-refractivity contribution in [1.29, 1.82) is 0 Å². The molecule has 5 heteroatoms. The predicted molar refractivity (Wildman–Crippen MR) is 69.6 cm³/mol. The normalized spacial score (nSPS) is 9.83. The number of nitrogens with one attached hydrogen (secondary N) is 3. The first-order valence-corrected chi connectivity index (χ1v) is 5.58. The fourth-order valence-corrected chi connectivity index (χ4v) is 1.50. The molecule has 0 saturated carbocycles. The predicted octanol–water partition coefficient (Wildman–Crippen LogP) is 2.34. The van der Waals surface area contributed by atoms with Crippen molar-refractivity contribution in [2.75, 3.05) is 12.4 Å². The lowest BCUT2D eigenvalue weighted by molar-refractivity contribution is 0.251. The average molecular weight is 245 g/mol. The Bertz CT molecular complexity index is 491. The molecule has 0 atom stereocenters. The van der Waals surface area contributed by atoms with Gasteiger partial charge in [0.2, 0.25) is 0 Å². The summed E-state index contributed by atoms with van der Waals surface area (Å²) in [7, 11) is 1.60. The van der Waals surface area contributed by atoms with Crippen LogP contribution in [0.25, 0.3) is 0 Å². The quantitative estimate of drug-likeness (QED) is 0.774. The first-order chi connectivity index (χ1) is 8.78. The number of anilines is 1. The Morgan fingerprint density at radius 1 is 1.28 bits per heavy atom. The lowest BCUT2D eigenvalue weighted by Gasteiger charge is -2.07. The van der Waals surface area contributed by atoms with E-state index in [9.17, 15) is 4.79 Å². The molecule has 0 aliphatic heterocycles. The minimum atomic E-state index is -0.235. The number of aromatic amines is 1. The third kappa shape index (κ3) is 3.28. The van der Waals surface area contributed by atoms with Crippen LogP contribution in [0.1, 0.15) is 5.56 Å². The van der Waals surface area contributed by atoms with E-state index in [1.165, 1.54) is 0 Å². The highest BCUT2D eigenvalue weighted by Gasteiger charge is 2.01. The van der Waals surface area contributed by atoms with Gasteiger partial charge in [0.25, 0.3) is 0 Å². The summed E-state index contributed by atoms with van der Waals surface area (Å²) in [5.41, 5.74) is 1.75. The van der Waals surface area contributed by atoms with Gasteiger partial charge in [-0.15, -0.1) is 0 Å². The van der Waals surface area contributed by atoms with Gasteiger partial charge in [0, 0.05) is 24.6 Å². The van der Waals surface area contributed by atoms with Gasteiger partial charge in [0.05, 0.1) is 7.11 Å². The minimum Gasteiger partial charge on any atom is -0.497 e. The van der Waals surface area contributed by atoms with Gasteiger partial charge in [-0.3, -0.25) is 0 Å². The van der Waals surface area contributed by atoms with Crippen molar-refractivity contribution < 1.29 is 9.53 Å². The number of methoxy groups -OCH3 is 1. The zero-order valence-corrected chi connectivity index (χ0v) is 10.1. The second-order valence-electron chi connectivity index (χ2n) is 3.76. The standard InChI is InChI=1S/C13H15N3O2/c1-18-12-4-2-11(3-5-12)16-13(17)15-9-10-6-7-14-8-10/h2-8,14H,9H2,1H3,(H2,15,16,17). The molecule has 2 rings (SSSR count). The van der Waals surface area contributed by atoms with Gasteiger partial charge < -0.3 is 20.4 Å². The summed E-state index contributed by atoms with van der Waals surface area (Å²) in [4.78, 5) is 14.5. The highest BCUT2D eigenvalue weighted by molar-refractivity contribution is 5.89. The number of urea groups is 1. The van der Waals surface area contributed by atoms with Crippen LogP contribution in [-0.2, 0) is 6.54 Å². The Kier molecular flexibility index (Phi) is 3.86. The van der Waals surface area contributed by atoms with E-state index in [0.717, 1.165) is 17.0 Å². The highest BCUT2D eigenvalue weighted by atomic mass is 16.5. The third-order valence-electron chi connectivity index (χ3n) is 2.46. The monoisotopic (exact) mass is 245 g/mol. The lowest BCUT2D eigenvalue weighted by atomic mass is 10.3. The maximum atomic E-state index is 11.6. The Balaban J connectivity index is 1.83. The Labute approximate surface area is 105 Å². The Hall–Kier alpha value is -2.43. The molecule has 0 radical (unpaired) electrons. The van der Waals surface area contributed by atoms with Crippen molar-refractivity contribution in [2.24, 2.45) is 0 Å². The SMILES string of the molecule is COc1ccc(NC(=O)NCc2cc[nH]c2)cc1. The molecule has 1 aromatic carbocycles. The number of amides is 2. The third-order valence-corrected chi connectivity index (χ3v) is 2.46.